The van der Waals surface area contributed by atoms with Crippen molar-refractivity contribution in [3.8, 4) is 0 Å². The third-order valence-electron chi connectivity index (χ3n) is 2.92. The Labute approximate surface area is 101 Å². The molecule has 1 aliphatic rings. The molecule has 0 aromatic carbocycles. The zero-order valence-electron chi connectivity index (χ0n) is 9.50. The topological polar surface area (TPSA) is 48.1 Å². The minimum Gasteiger partial charge on any atom is -0.377 e. The zero-order chi connectivity index (χ0) is 11.4. The molecular weight excluding hydrogens is 220 g/mol. The molecule has 1 fully saturated rings. The van der Waals surface area contributed by atoms with Crippen LogP contribution >= 0.6 is 11.8 Å². The molecule has 0 bridgehead atoms. The summed E-state index contributed by atoms with van der Waals surface area (Å²) in [5.41, 5.74) is 7.06. The molecule has 88 valence electrons. The van der Waals surface area contributed by atoms with Gasteiger partial charge in [-0.2, -0.15) is 0 Å². The lowest BCUT2D eigenvalue weighted by atomic mass is 10.2. The van der Waals surface area contributed by atoms with E-state index in [0.29, 0.717) is 23.1 Å². The minimum atomic E-state index is 0.336. The van der Waals surface area contributed by atoms with E-state index in [2.05, 4.69) is 18.0 Å². The molecule has 0 saturated carbocycles. The van der Waals surface area contributed by atoms with Crippen molar-refractivity contribution in [2.24, 2.45) is 5.73 Å². The maximum Gasteiger partial charge on any atom is 0.0666 e. The summed E-state index contributed by atoms with van der Waals surface area (Å²) in [6.45, 7) is 3.67. The van der Waals surface area contributed by atoms with Crippen molar-refractivity contribution in [1.82, 2.24) is 4.98 Å². The van der Waals surface area contributed by atoms with Gasteiger partial charge >= 0.3 is 0 Å². The van der Waals surface area contributed by atoms with Crippen LogP contribution < -0.4 is 5.73 Å². The molecule has 3 unspecified atom stereocenters. The van der Waals surface area contributed by atoms with Gasteiger partial charge in [-0.25, -0.2) is 0 Å². The Bertz CT molecular complexity index is 320. The number of aromatic nitrogens is 1. The maximum atomic E-state index is 5.84. The normalized spacial score (nSPS) is 26.9. The molecule has 0 spiro atoms. The molecule has 2 rings (SSSR count). The van der Waals surface area contributed by atoms with E-state index in [0.717, 1.165) is 13.0 Å². The Balaban J connectivity index is 2.00. The fourth-order valence-electron chi connectivity index (χ4n) is 1.94. The van der Waals surface area contributed by atoms with E-state index in [-0.39, 0.29) is 0 Å². The lowest BCUT2D eigenvalue weighted by Crippen LogP contribution is -2.19. The molecule has 0 radical (unpaired) electrons. The van der Waals surface area contributed by atoms with Crippen molar-refractivity contribution in [2.45, 2.75) is 29.9 Å². The van der Waals surface area contributed by atoms with Crippen LogP contribution in [0.5, 0.6) is 0 Å². The second kappa shape index (κ2) is 5.66. The van der Waals surface area contributed by atoms with Gasteiger partial charge < -0.3 is 10.5 Å². The summed E-state index contributed by atoms with van der Waals surface area (Å²) in [6.07, 6.45) is 5.17. The molecule has 0 amide bonds. The summed E-state index contributed by atoms with van der Waals surface area (Å²) in [7, 11) is 0. The number of rotatable bonds is 4. The third-order valence-corrected chi connectivity index (χ3v) is 4.68. The first-order valence-electron chi connectivity index (χ1n) is 5.68. The molecule has 1 aliphatic heterocycles. The van der Waals surface area contributed by atoms with E-state index < -0.39 is 0 Å². The Morgan fingerprint density at radius 3 is 3.12 bits per heavy atom. The van der Waals surface area contributed by atoms with Crippen LogP contribution in [0.15, 0.2) is 24.5 Å². The number of nitrogens with two attached hydrogens (primary N) is 1. The monoisotopic (exact) mass is 238 g/mol. The van der Waals surface area contributed by atoms with Crippen molar-refractivity contribution in [3.63, 3.8) is 0 Å². The highest BCUT2D eigenvalue weighted by Gasteiger charge is 2.27. The highest BCUT2D eigenvalue weighted by Crippen LogP contribution is 2.36. The Morgan fingerprint density at radius 1 is 1.69 bits per heavy atom. The summed E-state index contributed by atoms with van der Waals surface area (Å²) in [5, 5.41) is 0.900. The largest absolute Gasteiger partial charge is 0.377 e. The molecule has 3 atom stereocenters. The lowest BCUT2D eigenvalue weighted by molar-refractivity contribution is 0.127. The van der Waals surface area contributed by atoms with Gasteiger partial charge in [0.25, 0.3) is 0 Å². The molecule has 1 aromatic heterocycles. The van der Waals surface area contributed by atoms with Crippen LogP contribution in [0.3, 0.4) is 0 Å². The highest BCUT2D eigenvalue weighted by molar-refractivity contribution is 8.00. The lowest BCUT2D eigenvalue weighted by Gasteiger charge is -2.20. The van der Waals surface area contributed by atoms with Crippen LogP contribution in [0.1, 0.15) is 24.2 Å². The van der Waals surface area contributed by atoms with Crippen LogP contribution in [0.2, 0.25) is 0 Å². The Hall–Kier alpha value is -0.580. The first-order chi connectivity index (χ1) is 7.81. The van der Waals surface area contributed by atoms with Crippen LogP contribution in [-0.4, -0.2) is 29.5 Å². The number of hydrogen-bond acceptors (Lipinski definition) is 4. The first kappa shape index (κ1) is 11.9. The minimum absolute atomic E-state index is 0.336. The van der Waals surface area contributed by atoms with Gasteiger partial charge in [-0.15, -0.1) is 11.8 Å². The van der Waals surface area contributed by atoms with Crippen molar-refractivity contribution in [1.29, 1.82) is 0 Å². The van der Waals surface area contributed by atoms with Gasteiger partial charge in [-0.05, 0) is 25.0 Å². The van der Waals surface area contributed by atoms with E-state index >= 15 is 0 Å². The van der Waals surface area contributed by atoms with Crippen molar-refractivity contribution < 1.29 is 4.74 Å². The molecule has 1 aromatic rings. The zero-order valence-corrected chi connectivity index (χ0v) is 10.3. The second-order valence-corrected chi connectivity index (χ2v) is 5.50. The smallest absolute Gasteiger partial charge is 0.0666 e. The van der Waals surface area contributed by atoms with Gasteiger partial charge in [-0.3, -0.25) is 4.98 Å². The van der Waals surface area contributed by atoms with Gasteiger partial charge in [0, 0.05) is 36.0 Å². The van der Waals surface area contributed by atoms with E-state index in [1.54, 1.807) is 6.20 Å². The van der Waals surface area contributed by atoms with E-state index in [9.17, 15) is 0 Å². The number of thioether (sulfide) groups is 1. The van der Waals surface area contributed by atoms with Gasteiger partial charge in [0.05, 0.1) is 6.10 Å². The van der Waals surface area contributed by atoms with Crippen LogP contribution in [0.4, 0.5) is 0 Å². The van der Waals surface area contributed by atoms with Crippen molar-refractivity contribution in [3.05, 3.63) is 30.1 Å². The third kappa shape index (κ3) is 2.75. The SMILES string of the molecule is CC1OCCC1SC(CN)c1cccnc1. The van der Waals surface area contributed by atoms with Crippen LogP contribution in [0.25, 0.3) is 0 Å². The van der Waals surface area contributed by atoms with Gasteiger partial charge in [0.2, 0.25) is 0 Å². The Kier molecular flexibility index (Phi) is 4.21. The van der Waals surface area contributed by atoms with E-state index in [1.165, 1.54) is 5.56 Å². The highest BCUT2D eigenvalue weighted by atomic mass is 32.2. The summed E-state index contributed by atoms with van der Waals surface area (Å²) in [5.74, 6) is 0. The van der Waals surface area contributed by atoms with Gasteiger partial charge in [-0.1, -0.05) is 6.07 Å². The fourth-order valence-corrected chi connectivity index (χ4v) is 3.30. The summed E-state index contributed by atoms with van der Waals surface area (Å²) in [6, 6.07) is 4.06. The quantitative estimate of drug-likeness (QED) is 0.871. The van der Waals surface area contributed by atoms with Crippen molar-refractivity contribution >= 4 is 11.8 Å². The number of pyridine rings is 1. The van der Waals surface area contributed by atoms with Crippen molar-refractivity contribution in [2.75, 3.05) is 13.2 Å². The first-order valence-corrected chi connectivity index (χ1v) is 6.62. The standard InChI is InChI=1S/C12H18N2OS/c1-9-11(4-6-15-9)16-12(7-13)10-3-2-5-14-8-10/h2-3,5,8-9,11-12H,4,6-7,13H2,1H3. The molecule has 4 heteroatoms. The van der Waals surface area contributed by atoms with E-state index in [1.807, 2.05) is 24.0 Å². The molecule has 3 nitrogen and oxygen atoms in total. The maximum absolute atomic E-state index is 5.84. The number of nitrogens with zero attached hydrogens (tertiary/aromatic N) is 1. The summed E-state index contributed by atoms with van der Waals surface area (Å²) in [4.78, 5) is 4.15. The molecule has 2 heterocycles. The summed E-state index contributed by atoms with van der Waals surface area (Å²) < 4.78 is 5.57. The van der Waals surface area contributed by atoms with Crippen LogP contribution in [-0.2, 0) is 4.74 Å². The molecule has 16 heavy (non-hydrogen) atoms. The summed E-state index contributed by atoms with van der Waals surface area (Å²) >= 11 is 1.92. The molecule has 2 N–H and O–H groups in total. The predicted molar refractivity (Wildman–Crippen MR) is 67.4 cm³/mol. The molecular formula is C12H18N2OS. The van der Waals surface area contributed by atoms with Gasteiger partial charge in [0.15, 0.2) is 0 Å². The second-order valence-electron chi connectivity index (χ2n) is 4.05. The predicted octanol–water partition coefficient (Wildman–Crippen LogP) is 1.99. The van der Waals surface area contributed by atoms with Crippen LogP contribution in [0, 0.1) is 0 Å². The van der Waals surface area contributed by atoms with E-state index in [4.69, 9.17) is 10.5 Å². The Morgan fingerprint density at radius 2 is 2.56 bits per heavy atom. The number of hydrogen-bond donors (Lipinski definition) is 1. The average Bonchev–Trinajstić information content (AvgIpc) is 2.73. The fraction of sp³-hybridized carbons (Fsp3) is 0.583. The average molecular weight is 238 g/mol. The number of ether oxygens (including phenoxy) is 1. The molecule has 1 saturated heterocycles. The van der Waals surface area contributed by atoms with Gasteiger partial charge in [0.1, 0.15) is 0 Å². The molecule has 0 aliphatic carbocycles.